The van der Waals surface area contributed by atoms with Gasteiger partial charge in [-0.15, -0.1) is 0 Å². The molecule has 2 aliphatic rings. The number of benzene rings is 2. The Morgan fingerprint density at radius 1 is 1.02 bits per heavy atom. The molecule has 2 aromatic carbocycles. The van der Waals surface area contributed by atoms with Crippen LogP contribution < -0.4 is 11.5 Å². The maximum atomic E-state index is 14.0. The molecule has 44 heavy (non-hydrogen) atoms. The van der Waals surface area contributed by atoms with Crippen LogP contribution >= 0.6 is 0 Å². The van der Waals surface area contributed by atoms with Crippen molar-refractivity contribution in [2.24, 2.45) is 10.7 Å². The Morgan fingerprint density at radius 3 is 2.39 bits per heavy atom. The van der Waals surface area contributed by atoms with E-state index in [4.69, 9.17) is 11.5 Å². The molecule has 15 heteroatoms. The largest absolute Gasteiger partial charge is 0.417 e. The van der Waals surface area contributed by atoms with Gasteiger partial charge in [0.05, 0.1) is 29.9 Å². The van der Waals surface area contributed by atoms with Crippen LogP contribution in [0.25, 0.3) is 0 Å². The van der Waals surface area contributed by atoms with Crippen molar-refractivity contribution in [2.45, 2.75) is 63.7 Å². The number of halogens is 6. The molecule has 9 nitrogen and oxygen atoms in total. The van der Waals surface area contributed by atoms with E-state index in [2.05, 4.69) is 15.0 Å². The van der Waals surface area contributed by atoms with Crippen molar-refractivity contribution in [2.75, 3.05) is 5.73 Å². The van der Waals surface area contributed by atoms with Gasteiger partial charge in [0.2, 0.25) is 5.95 Å². The molecule has 0 unspecified atom stereocenters. The number of guanidine groups is 1. The second-order valence-corrected chi connectivity index (χ2v) is 10.8. The predicted octanol–water partition coefficient (Wildman–Crippen LogP) is 4.83. The lowest BCUT2D eigenvalue weighted by Crippen LogP contribution is -2.42. The van der Waals surface area contributed by atoms with Gasteiger partial charge in [0, 0.05) is 24.7 Å². The van der Waals surface area contributed by atoms with Crippen LogP contribution in [0, 0.1) is 6.92 Å². The minimum Gasteiger partial charge on any atom is -0.369 e. The molecule has 0 saturated carbocycles. The van der Waals surface area contributed by atoms with Crippen LogP contribution in [0.4, 0.5) is 32.3 Å². The molecule has 3 aromatic rings. The summed E-state index contributed by atoms with van der Waals surface area (Å²) in [5.74, 6) is -1.99. The molecule has 0 bridgehead atoms. The van der Waals surface area contributed by atoms with Crippen LogP contribution in [0.2, 0.25) is 0 Å². The minimum absolute atomic E-state index is 0.0306. The summed E-state index contributed by atoms with van der Waals surface area (Å²) in [5, 5.41) is 0. The van der Waals surface area contributed by atoms with E-state index < -0.39 is 53.7 Å². The summed E-state index contributed by atoms with van der Waals surface area (Å²) in [6.07, 6.45) is -9.78. The van der Waals surface area contributed by atoms with E-state index in [-0.39, 0.29) is 43.5 Å². The summed E-state index contributed by atoms with van der Waals surface area (Å²) in [6, 6.07) is 9.43. The van der Waals surface area contributed by atoms with Crippen molar-refractivity contribution >= 4 is 23.7 Å². The Morgan fingerprint density at radius 2 is 1.73 bits per heavy atom. The monoisotopic (exact) mass is 619 g/mol. The number of aryl methyl sites for hydroxylation is 1. The van der Waals surface area contributed by atoms with Crippen LogP contribution in [-0.4, -0.2) is 43.7 Å². The zero-order valence-electron chi connectivity index (χ0n) is 23.3. The van der Waals surface area contributed by atoms with Gasteiger partial charge in [-0.05, 0) is 43.0 Å². The van der Waals surface area contributed by atoms with Gasteiger partial charge in [0.1, 0.15) is 0 Å². The lowest BCUT2D eigenvalue weighted by molar-refractivity contribution is -0.139. The van der Waals surface area contributed by atoms with E-state index in [1.54, 1.807) is 31.2 Å². The summed E-state index contributed by atoms with van der Waals surface area (Å²) in [6.45, 7) is 1.32. The highest BCUT2D eigenvalue weighted by Gasteiger charge is 2.49. The molecule has 0 aliphatic carbocycles. The molecule has 0 saturated heterocycles. The van der Waals surface area contributed by atoms with Gasteiger partial charge in [-0.1, -0.05) is 35.9 Å². The molecule has 0 spiro atoms. The van der Waals surface area contributed by atoms with E-state index >= 15 is 0 Å². The smallest absolute Gasteiger partial charge is 0.369 e. The number of nitrogens with two attached hydrogens (primary N) is 2. The lowest BCUT2D eigenvalue weighted by atomic mass is 9.84. The fourth-order valence-corrected chi connectivity index (χ4v) is 5.43. The van der Waals surface area contributed by atoms with Gasteiger partial charge in [-0.2, -0.15) is 26.3 Å². The van der Waals surface area contributed by atoms with Gasteiger partial charge in [-0.3, -0.25) is 14.5 Å². The SMILES string of the molecule is Cc1ccc([C@@]2(CCCC(F)(F)F)N=C(N)N(Cc3ccc(C(F)(F)F)c(C(=O)N4Cc5cnc(N)nc5C4)c3)C2=O)cc1. The molecule has 0 radical (unpaired) electrons. The highest BCUT2D eigenvalue weighted by atomic mass is 19.4. The number of hydrogen-bond acceptors (Lipinski definition) is 7. The first kappa shape index (κ1) is 30.8. The van der Waals surface area contributed by atoms with Crippen molar-refractivity contribution in [3.05, 3.63) is 87.7 Å². The molecule has 1 atom stereocenters. The van der Waals surface area contributed by atoms with E-state index in [0.29, 0.717) is 16.8 Å². The topological polar surface area (TPSA) is 131 Å². The van der Waals surface area contributed by atoms with E-state index in [1.807, 2.05) is 0 Å². The van der Waals surface area contributed by atoms with Gasteiger partial charge >= 0.3 is 12.4 Å². The number of rotatable bonds is 7. The van der Waals surface area contributed by atoms with Crippen LogP contribution in [0.1, 0.15) is 63.1 Å². The van der Waals surface area contributed by atoms with E-state index in [9.17, 15) is 35.9 Å². The molecule has 5 rings (SSSR count). The maximum Gasteiger partial charge on any atom is 0.417 e. The number of hydrogen-bond donors (Lipinski definition) is 2. The average Bonchev–Trinajstić information content (AvgIpc) is 3.46. The molecule has 3 heterocycles. The van der Waals surface area contributed by atoms with E-state index in [1.165, 1.54) is 11.1 Å². The standard InChI is InChI=1S/C29H27F6N7O2/c1-16-3-6-19(7-4-16)27(9-2-10-28(30,31)32)24(44)42(26(37)40-27)13-17-5-8-21(29(33,34)35)20(11-17)23(43)41-14-18-12-38-25(36)39-22(18)15-41/h3-8,11-12H,2,9-10,13-15H2,1H3,(H2,37,40)(H2,36,38,39)/t27-/m1/s1. The number of aliphatic imine (C=N–C) groups is 1. The van der Waals surface area contributed by atoms with Crippen molar-refractivity contribution in [1.29, 1.82) is 0 Å². The highest BCUT2D eigenvalue weighted by molar-refractivity contribution is 6.07. The normalized spacial score (nSPS) is 18.5. The summed E-state index contributed by atoms with van der Waals surface area (Å²) in [7, 11) is 0. The first-order valence-electron chi connectivity index (χ1n) is 13.5. The van der Waals surface area contributed by atoms with Crippen molar-refractivity contribution < 1.29 is 35.9 Å². The molecule has 4 N–H and O–H groups in total. The molecule has 2 aliphatic heterocycles. The molecular formula is C29H27F6N7O2. The Labute approximate surface area is 247 Å². The second kappa shape index (κ2) is 11.1. The van der Waals surface area contributed by atoms with Crippen LogP contribution in [-0.2, 0) is 36.1 Å². The van der Waals surface area contributed by atoms with Gasteiger partial charge in [0.25, 0.3) is 11.8 Å². The van der Waals surface area contributed by atoms with Crippen molar-refractivity contribution in [1.82, 2.24) is 19.8 Å². The number of carbonyl (C=O) groups is 2. The summed E-state index contributed by atoms with van der Waals surface area (Å²) in [4.78, 5) is 41.7. The summed E-state index contributed by atoms with van der Waals surface area (Å²) >= 11 is 0. The number of nitrogens with zero attached hydrogens (tertiary/aromatic N) is 5. The third-order valence-electron chi connectivity index (χ3n) is 7.63. The summed E-state index contributed by atoms with van der Waals surface area (Å²) < 4.78 is 81.0. The van der Waals surface area contributed by atoms with Crippen LogP contribution in [0.3, 0.4) is 0 Å². The molecular weight excluding hydrogens is 592 g/mol. The van der Waals surface area contributed by atoms with Crippen molar-refractivity contribution in [3.63, 3.8) is 0 Å². The van der Waals surface area contributed by atoms with Crippen LogP contribution in [0.5, 0.6) is 0 Å². The quantitative estimate of drug-likeness (QED) is 0.365. The molecule has 1 aromatic heterocycles. The number of alkyl halides is 6. The minimum atomic E-state index is -4.87. The lowest BCUT2D eigenvalue weighted by Gasteiger charge is -2.27. The van der Waals surface area contributed by atoms with Gasteiger partial charge in [-0.25, -0.2) is 15.0 Å². The fraction of sp³-hybridized carbons (Fsp3) is 0.345. The summed E-state index contributed by atoms with van der Waals surface area (Å²) in [5.41, 5.74) is 10.4. The van der Waals surface area contributed by atoms with Crippen molar-refractivity contribution in [3.8, 4) is 0 Å². The third-order valence-corrected chi connectivity index (χ3v) is 7.63. The number of anilines is 1. The Balaban J connectivity index is 1.45. The Hall–Kier alpha value is -4.69. The van der Waals surface area contributed by atoms with Gasteiger partial charge < -0.3 is 16.4 Å². The maximum absolute atomic E-state index is 14.0. The first-order valence-corrected chi connectivity index (χ1v) is 13.5. The average molecular weight is 620 g/mol. The number of aromatic nitrogens is 2. The molecule has 0 fully saturated rings. The fourth-order valence-electron chi connectivity index (χ4n) is 5.43. The molecule has 2 amide bonds. The third kappa shape index (κ3) is 6.03. The molecule has 232 valence electrons. The number of nitrogen functional groups attached to an aromatic ring is 1. The van der Waals surface area contributed by atoms with Gasteiger partial charge in [0.15, 0.2) is 11.5 Å². The highest BCUT2D eigenvalue weighted by Crippen LogP contribution is 2.40. The first-order chi connectivity index (χ1) is 20.6. The Bertz CT molecular complexity index is 1640. The van der Waals surface area contributed by atoms with Crippen LogP contribution in [0.15, 0.2) is 53.7 Å². The zero-order chi connectivity index (χ0) is 32.0. The number of fused-ring (bicyclic) bond motifs is 1. The van der Waals surface area contributed by atoms with E-state index in [0.717, 1.165) is 28.7 Å². The Kier molecular flexibility index (Phi) is 7.76. The zero-order valence-corrected chi connectivity index (χ0v) is 23.3. The number of carbonyl (C=O) groups excluding carboxylic acids is 2. The predicted molar refractivity (Wildman–Crippen MR) is 146 cm³/mol. The number of amides is 2. The second-order valence-electron chi connectivity index (χ2n) is 10.8.